The SMILES string of the molecule is CC(=O)c1cc[13c]2cccc[13c]2c1. The number of hydrogen-bond donors (Lipinski definition) is 0. The number of benzene rings is 2. The molecule has 0 spiro atoms. The van der Waals surface area contributed by atoms with Crippen LogP contribution in [0.15, 0.2) is 42.5 Å². The summed E-state index contributed by atoms with van der Waals surface area (Å²) >= 11 is 0. The summed E-state index contributed by atoms with van der Waals surface area (Å²) in [4.78, 5) is 11.1. The van der Waals surface area contributed by atoms with Gasteiger partial charge in [-0.3, -0.25) is 4.79 Å². The van der Waals surface area contributed by atoms with Gasteiger partial charge in [0, 0.05) is 5.56 Å². The predicted octanol–water partition coefficient (Wildman–Crippen LogP) is 3.04. The molecule has 0 saturated heterocycles. The molecule has 0 heterocycles. The highest BCUT2D eigenvalue weighted by Gasteiger charge is 1.99. The lowest BCUT2D eigenvalue weighted by Gasteiger charge is -1.99. The third kappa shape index (κ3) is 1.45. The van der Waals surface area contributed by atoms with Crippen molar-refractivity contribution in [2.24, 2.45) is 0 Å². The zero-order valence-corrected chi connectivity index (χ0v) is 7.45. The molecule has 0 atom stereocenters. The molecule has 0 unspecified atom stereocenters. The molecule has 0 bridgehead atoms. The summed E-state index contributed by atoms with van der Waals surface area (Å²) in [5.41, 5.74) is 0.777. The van der Waals surface area contributed by atoms with E-state index in [1.54, 1.807) is 6.92 Å². The Kier molecular flexibility index (Phi) is 1.85. The summed E-state index contributed by atoms with van der Waals surface area (Å²) in [6, 6.07) is 13.8. The molecular formula is C12H10O. The monoisotopic (exact) mass is 172 g/mol. The molecule has 0 radical (unpaired) electrons. The third-order valence-electron chi connectivity index (χ3n) is 2.16. The molecule has 0 aliphatic rings. The van der Waals surface area contributed by atoms with Crippen LogP contribution in [-0.4, -0.2) is 5.78 Å². The number of ketones is 1. The molecule has 2 aromatic rings. The van der Waals surface area contributed by atoms with Crippen molar-refractivity contribution in [1.29, 1.82) is 0 Å². The maximum Gasteiger partial charge on any atom is 0.159 e. The summed E-state index contributed by atoms with van der Waals surface area (Å²) in [5, 5.41) is 2.29. The van der Waals surface area contributed by atoms with Crippen molar-refractivity contribution in [3.05, 3.63) is 48.0 Å². The van der Waals surface area contributed by atoms with Crippen LogP contribution in [0, 0.1) is 0 Å². The van der Waals surface area contributed by atoms with Gasteiger partial charge < -0.3 is 0 Å². The molecule has 2 rings (SSSR count). The highest BCUT2D eigenvalue weighted by molar-refractivity contribution is 5.98. The van der Waals surface area contributed by atoms with Crippen LogP contribution < -0.4 is 0 Å². The first kappa shape index (κ1) is 7.99. The smallest absolute Gasteiger partial charge is 0.159 e. The fraction of sp³-hybridized carbons (Fsp3) is 0.0833. The molecular weight excluding hydrogens is 162 g/mol. The summed E-state index contributed by atoms with van der Waals surface area (Å²) in [6.45, 7) is 1.59. The van der Waals surface area contributed by atoms with Gasteiger partial charge in [0.15, 0.2) is 5.78 Å². The number of hydrogen-bond acceptors (Lipinski definition) is 1. The van der Waals surface area contributed by atoms with Gasteiger partial charge in [-0.2, -0.15) is 0 Å². The van der Waals surface area contributed by atoms with E-state index in [2.05, 4.69) is 0 Å². The van der Waals surface area contributed by atoms with Gasteiger partial charge in [0.1, 0.15) is 0 Å². The lowest BCUT2D eigenvalue weighted by Crippen LogP contribution is -1.90. The molecule has 1 heteroatoms. The first-order valence-corrected chi connectivity index (χ1v) is 4.27. The van der Waals surface area contributed by atoms with Crippen molar-refractivity contribution in [3.8, 4) is 0 Å². The first-order chi connectivity index (χ1) is 6.27. The van der Waals surface area contributed by atoms with Crippen molar-refractivity contribution >= 4 is 16.6 Å². The normalized spacial score (nSPS) is 10.2. The molecule has 1 nitrogen and oxygen atoms in total. The van der Waals surface area contributed by atoms with E-state index < -0.39 is 0 Å². The lowest BCUT2D eigenvalue weighted by atomic mass is 10.2. The number of Topliss-reactive ketones (excluding diaryl/α,β-unsaturated/α-hetero) is 1. The molecule has 64 valence electrons. The Morgan fingerprint density at radius 1 is 1.00 bits per heavy atom. The van der Waals surface area contributed by atoms with Crippen LogP contribution in [0.4, 0.5) is 0 Å². The van der Waals surface area contributed by atoms with E-state index in [0.29, 0.717) is 0 Å². The number of carbonyl (C=O) groups excluding carboxylic acids is 1. The quantitative estimate of drug-likeness (QED) is 0.604. The molecule has 2 aromatic carbocycles. The Labute approximate surface area is 77.0 Å². The van der Waals surface area contributed by atoms with E-state index in [1.165, 1.54) is 5.39 Å². The van der Waals surface area contributed by atoms with E-state index in [-0.39, 0.29) is 5.78 Å². The van der Waals surface area contributed by atoms with Gasteiger partial charge in [-0.05, 0) is 23.8 Å². The minimum atomic E-state index is 0.116. The molecule has 13 heavy (non-hydrogen) atoms. The van der Waals surface area contributed by atoms with E-state index in [1.807, 2.05) is 42.5 Å². The van der Waals surface area contributed by atoms with E-state index in [0.717, 1.165) is 10.9 Å². The second kappa shape index (κ2) is 3.02. The fourth-order valence-electron chi connectivity index (χ4n) is 1.41. The van der Waals surface area contributed by atoms with Crippen LogP contribution in [0.2, 0.25) is 0 Å². The number of rotatable bonds is 1. The van der Waals surface area contributed by atoms with Crippen LogP contribution in [0.1, 0.15) is 17.3 Å². The van der Waals surface area contributed by atoms with Crippen LogP contribution in [0.25, 0.3) is 10.8 Å². The van der Waals surface area contributed by atoms with Crippen LogP contribution in [0.3, 0.4) is 0 Å². The van der Waals surface area contributed by atoms with Crippen molar-refractivity contribution in [3.63, 3.8) is 0 Å². The third-order valence-corrected chi connectivity index (χ3v) is 2.16. The molecule has 0 N–H and O–H groups in total. The largest absolute Gasteiger partial charge is 0.295 e. The molecule has 0 aromatic heterocycles. The van der Waals surface area contributed by atoms with Gasteiger partial charge in [0.25, 0.3) is 0 Å². The summed E-state index contributed by atoms with van der Waals surface area (Å²) in [5.74, 6) is 0.116. The van der Waals surface area contributed by atoms with E-state index in [9.17, 15) is 4.79 Å². The second-order valence-electron chi connectivity index (χ2n) is 3.12. The van der Waals surface area contributed by atoms with Crippen molar-refractivity contribution in [2.75, 3.05) is 0 Å². The van der Waals surface area contributed by atoms with E-state index in [4.69, 9.17) is 0 Å². The Morgan fingerprint density at radius 2 is 1.69 bits per heavy atom. The van der Waals surface area contributed by atoms with Gasteiger partial charge in [0.2, 0.25) is 0 Å². The summed E-state index contributed by atoms with van der Waals surface area (Å²) < 4.78 is 0. The van der Waals surface area contributed by atoms with Gasteiger partial charge in [0.05, 0.1) is 0 Å². The van der Waals surface area contributed by atoms with Crippen molar-refractivity contribution in [1.82, 2.24) is 0 Å². The van der Waals surface area contributed by atoms with Crippen LogP contribution in [0.5, 0.6) is 0 Å². The van der Waals surface area contributed by atoms with Gasteiger partial charge in [-0.25, -0.2) is 0 Å². The van der Waals surface area contributed by atoms with Gasteiger partial charge >= 0.3 is 0 Å². The highest BCUT2D eigenvalue weighted by atomic mass is 16.1. The van der Waals surface area contributed by atoms with Crippen LogP contribution in [-0.2, 0) is 0 Å². The Morgan fingerprint density at radius 3 is 2.38 bits per heavy atom. The Hall–Kier alpha value is -1.63. The first-order valence-electron chi connectivity index (χ1n) is 4.27. The zero-order valence-electron chi connectivity index (χ0n) is 7.45. The zero-order chi connectivity index (χ0) is 9.26. The minimum Gasteiger partial charge on any atom is -0.295 e. The van der Waals surface area contributed by atoms with E-state index >= 15 is 0 Å². The molecule has 0 aliphatic carbocycles. The highest BCUT2D eigenvalue weighted by Crippen LogP contribution is 2.15. The maximum absolute atomic E-state index is 11.1. The topological polar surface area (TPSA) is 17.1 Å². The van der Waals surface area contributed by atoms with Gasteiger partial charge in [-0.15, -0.1) is 0 Å². The molecule has 0 fully saturated rings. The average Bonchev–Trinajstić information content (AvgIpc) is 2.17. The summed E-state index contributed by atoms with van der Waals surface area (Å²) in [6.07, 6.45) is 0. The number of carbonyl (C=O) groups is 1. The maximum atomic E-state index is 11.1. The number of fused-ring (bicyclic) bond motifs is 1. The van der Waals surface area contributed by atoms with Crippen molar-refractivity contribution in [2.45, 2.75) is 6.92 Å². The molecule has 0 amide bonds. The van der Waals surface area contributed by atoms with Crippen LogP contribution >= 0.6 is 0 Å². The Balaban J connectivity index is 2.69. The van der Waals surface area contributed by atoms with Gasteiger partial charge in [-0.1, -0.05) is 36.4 Å². The molecule has 0 saturated carbocycles. The Bertz CT molecular complexity index is 457. The standard InChI is InChI=1S/C12H10O/c1-9(13)11-7-6-10-4-2-3-5-12(10)8-11/h2-8H,1H3/i10+1,12+1. The lowest BCUT2D eigenvalue weighted by molar-refractivity contribution is 0.101. The fourth-order valence-corrected chi connectivity index (χ4v) is 1.41. The predicted molar refractivity (Wildman–Crippen MR) is 54.0 cm³/mol. The minimum absolute atomic E-state index is 0.116. The molecule has 0 aliphatic heterocycles. The average molecular weight is 172 g/mol. The second-order valence-corrected chi connectivity index (χ2v) is 3.12. The summed E-state index contributed by atoms with van der Waals surface area (Å²) in [7, 11) is 0. The van der Waals surface area contributed by atoms with Crippen molar-refractivity contribution < 1.29 is 4.79 Å².